The first kappa shape index (κ1) is 16.2. The van der Waals surface area contributed by atoms with E-state index in [1.165, 1.54) is 0 Å². The summed E-state index contributed by atoms with van der Waals surface area (Å²) in [7, 11) is 0. The van der Waals surface area contributed by atoms with Gasteiger partial charge in [0.1, 0.15) is 6.61 Å². The van der Waals surface area contributed by atoms with Crippen LogP contribution in [0.1, 0.15) is 39.5 Å². The van der Waals surface area contributed by atoms with Crippen molar-refractivity contribution in [2.45, 2.75) is 45.7 Å². The third kappa shape index (κ3) is 6.74. The van der Waals surface area contributed by atoms with Crippen molar-refractivity contribution in [2.75, 3.05) is 18.5 Å². The zero-order chi connectivity index (χ0) is 12.7. The van der Waals surface area contributed by atoms with Gasteiger partial charge in [-0.15, -0.1) is 0 Å². The summed E-state index contributed by atoms with van der Waals surface area (Å²) in [5.41, 5.74) is -0.144. The molecule has 0 aliphatic heterocycles. The maximum Gasteiger partial charge on any atom is 0.411 e. The van der Waals surface area contributed by atoms with E-state index in [9.17, 15) is 13.2 Å². The Morgan fingerprint density at radius 3 is 1.81 bits per heavy atom. The van der Waals surface area contributed by atoms with Crippen LogP contribution >= 0.6 is 15.9 Å². The molecule has 0 saturated carbocycles. The van der Waals surface area contributed by atoms with Crippen LogP contribution in [0.15, 0.2) is 0 Å². The van der Waals surface area contributed by atoms with Crippen LogP contribution in [-0.2, 0) is 4.74 Å². The van der Waals surface area contributed by atoms with Crippen LogP contribution in [0, 0.1) is 5.41 Å². The van der Waals surface area contributed by atoms with Gasteiger partial charge in [0.15, 0.2) is 0 Å². The molecule has 0 atom stereocenters. The van der Waals surface area contributed by atoms with Crippen molar-refractivity contribution in [3.8, 4) is 0 Å². The average Bonchev–Trinajstić information content (AvgIpc) is 2.16. The molecule has 0 fully saturated rings. The summed E-state index contributed by atoms with van der Waals surface area (Å²) >= 11 is 3.39. The predicted molar refractivity (Wildman–Crippen MR) is 62.9 cm³/mol. The number of rotatable bonds is 8. The van der Waals surface area contributed by atoms with Crippen molar-refractivity contribution in [3.05, 3.63) is 0 Å². The monoisotopic (exact) mass is 304 g/mol. The molecule has 0 N–H and O–H groups in total. The Balaban J connectivity index is 4.19. The van der Waals surface area contributed by atoms with E-state index in [0.717, 1.165) is 25.7 Å². The molecular formula is C11H20BrF3O. The van der Waals surface area contributed by atoms with Gasteiger partial charge in [-0.3, -0.25) is 0 Å². The molecule has 0 aromatic rings. The second-order valence-corrected chi connectivity index (χ2v) is 4.80. The van der Waals surface area contributed by atoms with Gasteiger partial charge in [-0.25, -0.2) is 0 Å². The Hall–Kier alpha value is 0.230. The third-order valence-corrected chi connectivity index (χ3v) is 3.71. The van der Waals surface area contributed by atoms with E-state index >= 15 is 0 Å². The molecule has 0 saturated heterocycles. The summed E-state index contributed by atoms with van der Waals surface area (Å²) in [6, 6.07) is 0. The van der Waals surface area contributed by atoms with Crippen molar-refractivity contribution < 1.29 is 17.9 Å². The maximum atomic E-state index is 12.0. The van der Waals surface area contributed by atoms with Gasteiger partial charge in [-0.05, 0) is 12.8 Å². The van der Waals surface area contributed by atoms with Gasteiger partial charge >= 0.3 is 6.18 Å². The van der Waals surface area contributed by atoms with Crippen LogP contribution in [0.3, 0.4) is 0 Å². The van der Waals surface area contributed by atoms with Crippen LogP contribution in [0.25, 0.3) is 0 Å². The molecule has 0 spiro atoms. The Kier molecular flexibility index (Phi) is 7.64. The second-order valence-electron chi connectivity index (χ2n) is 4.24. The van der Waals surface area contributed by atoms with Crippen LogP contribution in [0.5, 0.6) is 0 Å². The number of hydrogen-bond acceptors (Lipinski definition) is 1. The number of hydrogen-bond donors (Lipinski definition) is 0. The Labute approximate surface area is 104 Å². The normalized spacial score (nSPS) is 13.1. The van der Waals surface area contributed by atoms with E-state index < -0.39 is 12.8 Å². The van der Waals surface area contributed by atoms with Gasteiger partial charge < -0.3 is 4.74 Å². The smallest absolute Gasteiger partial charge is 0.371 e. The molecule has 1 nitrogen and oxygen atoms in total. The molecule has 0 heterocycles. The summed E-state index contributed by atoms with van der Waals surface area (Å²) in [5.74, 6) is 0. The van der Waals surface area contributed by atoms with E-state index in [-0.39, 0.29) is 12.0 Å². The van der Waals surface area contributed by atoms with Gasteiger partial charge in [-0.2, -0.15) is 13.2 Å². The Bertz CT molecular complexity index is 177. The van der Waals surface area contributed by atoms with Gasteiger partial charge in [0.2, 0.25) is 0 Å². The predicted octanol–water partition coefficient (Wildman–Crippen LogP) is 4.55. The fourth-order valence-electron chi connectivity index (χ4n) is 1.89. The van der Waals surface area contributed by atoms with Gasteiger partial charge in [0.05, 0.1) is 6.61 Å². The highest BCUT2D eigenvalue weighted by atomic mass is 79.9. The first-order chi connectivity index (χ1) is 7.39. The van der Waals surface area contributed by atoms with Crippen molar-refractivity contribution in [1.82, 2.24) is 0 Å². The molecule has 16 heavy (non-hydrogen) atoms. The first-order valence-electron chi connectivity index (χ1n) is 5.59. The minimum absolute atomic E-state index is 0.144. The lowest BCUT2D eigenvalue weighted by atomic mass is 9.82. The molecule has 98 valence electrons. The van der Waals surface area contributed by atoms with Crippen molar-refractivity contribution >= 4 is 15.9 Å². The van der Waals surface area contributed by atoms with Crippen LogP contribution < -0.4 is 0 Å². The zero-order valence-electron chi connectivity index (χ0n) is 9.87. The third-order valence-electron chi connectivity index (χ3n) is 2.52. The first-order valence-corrected chi connectivity index (χ1v) is 6.72. The number of alkyl halides is 4. The van der Waals surface area contributed by atoms with Crippen molar-refractivity contribution in [3.63, 3.8) is 0 Å². The fourth-order valence-corrected chi connectivity index (χ4v) is 2.61. The molecule has 0 rings (SSSR count). The topological polar surface area (TPSA) is 9.23 Å². The number of halogens is 4. The minimum atomic E-state index is -4.23. The second kappa shape index (κ2) is 7.54. The lowest BCUT2D eigenvalue weighted by Gasteiger charge is -2.31. The van der Waals surface area contributed by atoms with Crippen LogP contribution in [-0.4, -0.2) is 24.7 Å². The molecule has 0 aliphatic rings. The molecular weight excluding hydrogens is 285 g/mol. The molecule has 0 amide bonds. The van der Waals surface area contributed by atoms with E-state index in [2.05, 4.69) is 15.9 Å². The quantitative estimate of drug-likeness (QED) is 0.598. The SMILES string of the molecule is CCCC(CBr)(CCC)COCC(F)(F)F. The summed E-state index contributed by atoms with van der Waals surface area (Å²) in [6.45, 7) is 3.11. The molecule has 0 radical (unpaired) electrons. The summed E-state index contributed by atoms with van der Waals surface area (Å²) < 4.78 is 40.7. The lowest BCUT2D eigenvalue weighted by Crippen LogP contribution is -2.31. The van der Waals surface area contributed by atoms with E-state index in [0.29, 0.717) is 5.33 Å². The van der Waals surface area contributed by atoms with E-state index in [1.807, 2.05) is 13.8 Å². The summed E-state index contributed by atoms with van der Waals surface area (Å²) in [4.78, 5) is 0. The molecule has 5 heteroatoms. The molecule has 0 aliphatic carbocycles. The van der Waals surface area contributed by atoms with Crippen LogP contribution in [0.2, 0.25) is 0 Å². The van der Waals surface area contributed by atoms with Gasteiger partial charge in [0.25, 0.3) is 0 Å². The highest BCUT2D eigenvalue weighted by Crippen LogP contribution is 2.33. The minimum Gasteiger partial charge on any atom is -0.371 e. The number of ether oxygens (including phenoxy) is 1. The van der Waals surface area contributed by atoms with Gasteiger partial charge in [0, 0.05) is 10.7 Å². The highest BCUT2D eigenvalue weighted by molar-refractivity contribution is 9.09. The molecule has 0 aromatic heterocycles. The molecule has 0 unspecified atom stereocenters. The van der Waals surface area contributed by atoms with Crippen molar-refractivity contribution in [2.24, 2.45) is 5.41 Å². The van der Waals surface area contributed by atoms with Crippen LogP contribution in [0.4, 0.5) is 13.2 Å². The maximum absolute atomic E-state index is 12.0. The summed E-state index contributed by atoms with van der Waals surface area (Å²) in [5, 5.41) is 0.694. The lowest BCUT2D eigenvalue weighted by molar-refractivity contribution is -0.180. The molecule has 0 aromatic carbocycles. The Morgan fingerprint density at radius 2 is 1.50 bits per heavy atom. The fraction of sp³-hybridized carbons (Fsp3) is 1.00. The standard InChI is InChI=1S/C11H20BrF3O/c1-3-5-10(7-12,6-4-2)8-16-9-11(13,14)15/h3-9H2,1-2H3. The Morgan fingerprint density at radius 1 is 1.00 bits per heavy atom. The largest absolute Gasteiger partial charge is 0.411 e. The highest BCUT2D eigenvalue weighted by Gasteiger charge is 2.32. The van der Waals surface area contributed by atoms with E-state index in [4.69, 9.17) is 4.74 Å². The van der Waals surface area contributed by atoms with Gasteiger partial charge in [-0.1, -0.05) is 42.6 Å². The van der Waals surface area contributed by atoms with Crippen molar-refractivity contribution in [1.29, 1.82) is 0 Å². The zero-order valence-corrected chi connectivity index (χ0v) is 11.5. The average molecular weight is 305 g/mol. The van der Waals surface area contributed by atoms with E-state index in [1.54, 1.807) is 0 Å². The molecule has 0 bridgehead atoms. The summed E-state index contributed by atoms with van der Waals surface area (Å²) in [6.07, 6.45) is -0.521.